The lowest BCUT2D eigenvalue weighted by Crippen LogP contribution is -2.47. The first-order valence-electron chi connectivity index (χ1n) is 6.75. The molecule has 2 rings (SSSR count). The van der Waals surface area contributed by atoms with Crippen LogP contribution in [0.1, 0.15) is 32.3 Å². The summed E-state index contributed by atoms with van der Waals surface area (Å²) in [5.41, 5.74) is 0.891. The van der Waals surface area contributed by atoms with Crippen molar-refractivity contribution in [2.45, 2.75) is 38.9 Å². The van der Waals surface area contributed by atoms with E-state index in [1.54, 1.807) is 14.2 Å². The van der Waals surface area contributed by atoms with Crippen LogP contribution in [0, 0.1) is 5.41 Å². The predicted octanol–water partition coefficient (Wildman–Crippen LogP) is 2.80. The van der Waals surface area contributed by atoms with Crippen LogP contribution in [0.4, 0.5) is 0 Å². The molecule has 20 heavy (non-hydrogen) atoms. The van der Waals surface area contributed by atoms with Gasteiger partial charge in [0, 0.05) is 18.6 Å². The summed E-state index contributed by atoms with van der Waals surface area (Å²) in [7, 11) is 3.26. The van der Waals surface area contributed by atoms with Crippen molar-refractivity contribution in [3.63, 3.8) is 0 Å². The van der Waals surface area contributed by atoms with Crippen LogP contribution in [0.25, 0.3) is 0 Å². The molecule has 3 unspecified atom stereocenters. The molecule has 0 N–H and O–H groups in total. The molecular formula is C16H22O4. The van der Waals surface area contributed by atoms with Gasteiger partial charge in [0.05, 0.1) is 7.11 Å². The molecule has 0 saturated carbocycles. The summed E-state index contributed by atoms with van der Waals surface area (Å²) in [6.07, 6.45) is -0.102. The van der Waals surface area contributed by atoms with Crippen molar-refractivity contribution in [3.05, 3.63) is 23.8 Å². The highest BCUT2D eigenvalue weighted by Gasteiger charge is 2.45. The van der Waals surface area contributed by atoms with Gasteiger partial charge in [-0.05, 0) is 17.5 Å². The van der Waals surface area contributed by atoms with Gasteiger partial charge in [-0.1, -0.05) is 26.8 Å². The van der Waals surface area contributed by atoms with Gasteiger partial charge in [0.25, 0.3) is 0 Å². The fourth-order valence-corrected chi connectivity index (χ4v) is 2.98. The fourth-order valence-electron chi connectivity index (χ4n) is 2.98. The summed E-state index contributed by atoms with van der Waals surface area (Å²) in [4.78, 5) is 11.3. The maximum Gasteiger partial charge on any atom is 0.180 e. The first-order valence-corrected chi connectivity index (χ1v) is 6.75. The molecule has 1 aliphatic rings. The van der Waals surface area contributed by atoms with E-state index in [4.69, 9.17) is 14.2 Å². The average molecular weight is 278 g/mol. The van der Waals surface area contributed by atoms with E-state index in [9.17, 15) is 4.79 Å². The molecule has 4 nitrogen and oxygen atoms in total. The van der Waals surface area contributed by atoms with Crippen LogP contribution >= 0.6 is 0 Å². The predicted molar refractivity (Wildman–Crippen MR) is 76.5 cm³/mol. The molecule has 0 aromatic heterocycles. The van der Waals surface area contributed by atoms with Crippen molar-refractivity contribution < 1.29 is 19.0 Å². The first kappa shape index (κ1) is 14.9. The second-order valence-corrected chi connectivity index (χ2v) is 6.13. The lowest BCUT2D eigenvalue weighted by Gasteiger charge is -2.43. The molecule has 0 saturated heterocycles. The molecule has 0 amide bonds. The maximum atomic E-state index is 11.3. The average Bonchev–Trinajstić information content (AvgIpc) is 2.43. The minimum atomic E-state index is -0.594. The molecular weight excluding hydrogens is 256 g/mol. The highest BCUT2D eigenvalue weighted by Crippen LogP contribution is 2.50. The molecule has 1 heterocycles. The molecule has 0 spiro atoms. The van der Waals surface area contributed by atoms with Gasteiger partial charge >= 0.3 is 0 Å². The van der Waals surface area contributed by atoms with Crippen molar-refractivity contribution in [1.82, 2.24) is 0 Å². The maximum absolute atomic E-state index is 11.3. The number of benzene rings is 1. The fraction of sp³-hybridized carbons (Fsp3) is 0.562. The summed E-state index contributed by atoms with van der Waals surface area (Å²) in [5, 5.41) is 0. The van der Waals surface area contributed by atoms with Gasteiger partial charge in [-0.3, -0.25) is 4.79 Å². The summed E-state index contributed by atoms with van der Waals surface area (Å²) in [6, 6.07) is 5.65. The Morgan fingerprint density at radius 3 is 2.45 bits per heavy atom. The molecule has 1 aromatic carbocycles. The normalized spacial score (nSPS) is 25.6. The summed E-state index contributed by atoms with van der Waals surface area (Å²) >= 11 is 0. The Morgan fingerprint density at radius 2 is 1.95 bits per heavy atom. The van der Waals surface area contributed by atoms with E-state index in [1.165, 1.54) is 0 Å². The third-order valence-corrected chi connectivity index (χ3v) is 3.81. The Labute approximate surface area is 120 Å². The number of ether oxygens (including phenoxy) is 3. The zero-order valence-corrected chi connectivity index (χ0v) is 12.7. The van der Waals surface area contributed by atoms with E-state index in [-0.39, 0.29) is 17.4 Å². The van der Waals surface area contributed by atoms with Gasteiger partial charge in [0.1, 0.15) is 17.6 Å². The minimum Gasteiger partial charge on any atom is -0.496 e. The summed E-state index contributed by atoms with van der Waals surface area (Å²) in [5.74, 6) is 1.49. The molecule has 4 heteroatoms. The van der Waals surface area contributed by atoms with Crippen molar-refractivity contribution in [2.75, 3.05) is 14.2 Å². The van der Waals surface area contributed by atoms with Crippen LogP contribution in [0.3, 0.4) is 0 Å². The number of methoxy groups -OCH3 is 2. The Balaban J connectivity index is 2.64. The van der Waals surface area contributed by atoms with Gasteiger partial charge < -0.3 is 14.2 Å². The van der Waals surface area contributed by atoms with Gasteiger partial charge in [-0.2, -0.15) is 0 Å². The second kappa shape index (κ2) is 5.44. The Hall–Kier alpha value is -1.55. The van der Waals surface area contributed by atoms with Crippen molar-refractivity contribution in [3.8, 4) is 11.5 Å². The molecule has 1 aliphatic heterocycles. The van der Waals surface area contributed by atoms with Crippen LogP contribution in [-0.4, -0.2) is 32.7 Å². The first-order chi connectivity index (χ1) is 9.43. The van der Waals surface area contributed by atoms with Crippen molar-refractivity contribution in [1.29, 1.82) is 0 Å². The zero-order chi connectivity index (χ0) is 14.9. The van der Waals surface area contributed by atoms with Crippen LogP contribution in [0.15, 0.2) is 18.2 Å². The Bertz CT molecular complexity index is 490. The number of hydrogen-bond acceptors (Lipinski definition) is 4. The van der Waals surface area contributed by atoms with E-state index in [1.807, 2.05) is 18.2 Å². The van der Waals surface area contributed by atoms with Crippen LogP contribution in [-0.2, 0) is 9.53 Å². The van der Waals surface area contributed by atoms with Gasteiger partial charge in [-0.15, -0.1) is 0 Å². The second-order valence-electron chi connectivity index (χ2n) is 6.13. The molecule has 0 aliphatic carbocycles. The quantitative estimate of drug-likeness (QED) is 0.798. The number of aldehydes is 1. The highest BCUT2D eigenvalue weighted by molar-refractivity contribution is 5.62. The van der Waals surface area contributed by atoms with Crippen molar-refractivity contribution in [2.24, 2.45) is 5.41 Å². The lowest BCUT2D eigenvalue weighted by molar-refractivity contribution is -0.124. The molecule has 0 radical (unpaired) electrons. The van der Waals surface area contributed by atoms with E-state index in [0.717, 1.165) is 17.6 Å². The number of rotatable bonds is 3. The van der Waals surface area contributed by atoms with Gasteiger partial charge in [0.2, 0.25) is 0 Å². The third-order valence-electron chi connectivity index (χ3n) is 3.81. The molecule has 1 aromatic rings. The number of hydrogen-bond donors (Lipinski definition) is 0. The monoisotopic (exact) mass is 278 g/mol. The minimum absolute atomic E-state index is 0.0163. The Kier molecular flexibility index (Phi) is 4.04. The van der Waals surface area contributed by atoms with Gasteiger partial charge in [0.15, 0.2) is 12.4 Å². The molecule has 0 bridgehead atoms. The van der Waals surface area contributed by atoms with Crippen LogP contribution < -0.4 is 9.47 Å². The smallest absolute Gasteiger partial charge is 0.180 e. The number of carbonyl (C=O) groups is 1. The van der Waals surface area contributed by atoms with Crippen LogP contribution in [0.2, 0.25) is 0 Å². The standard InChI is InChI=1S/C16H22O4/c1-16(2,3)14-13-10(18-4)7-6-8-11(13)20-12(9-17)15(14)19-5/h6-9,12,14-15H,1-5H3. The van der Waals surface area contributed by atoms with E-state index < -0.39 is 6.10 Å². The highest BCUT2D eigenvalue weighted by atomic mass is 16.5. The largest absolute Gasteiger partial charge is 0.496 e. The summed E-state index contributed by atoms with van der Waals surface area (Å²) in [6.45, 7) is 6.40. The van der Waals surface area contributed by atoms with E-state index in [2.05, 4.69) is 20.8 Å². The molecule has 3 atom stereocenters. The summed E-state index contributed by atoms with van der Waals surface area (Å²) < 4.78 is 16.8. The van der Waals surface area contributed by atoms with Crippen LogP contribution in [0.5, 0.6) is 11.5 Å². The number of carbonyl (C=O) groups excluding carboxylic acids is 1. The SMILES string of the molecule is COc1cccc2c1C(C(C)(C)C)C(OC)C(C=O)O2. The van der Waals surface area contributed by atoms with Gasteiger partial charge in [-0.25, -0.2) is 0 Å². The van der Waals surface area contributed by atoms with E-state index >= 15 is 0 Å². The lowest BCUT2D eigenvalue weighted by atomic mass is 9.70. The molecule has 0 fully saturated rings. The van der Waals surface area contributed by atoms with E-state index in [0.29, 0.717) is 5.75 Å². The third kappa shape index (κ3) is 2.40. The number of fused-ring (bicyclic) bond motifs is 1. The zero-order valence-electron chi connectivity index (χ0n) is 12.7. The van der Waals surface area contributed by atoms with Crippen molar-refractivity contribution >= 4 is 6.29 Å². The molecule has 110 valence electrons. The topological polar surface area (TPSA) is 44.8 Å². The Morgan fingerprint density at radius 1 is 1.25 bits per heavy atom.